The molecule has 0 bridgehead atoms. The molecular weight excluding hydrogens is 378 g/mol. The van der Waals surface area contributed by atoms with Crippen LogP contribution in [-0.4, -0.2) is 40.2 Å². The van der Waals surface area contributed by atoms with Crippen molar-refractivity contribution in [1.82, 2.24) is 15.1 Å². The summed E-state index contributed by atoms with van der Waals surface area (Å²) < 4.78 is 0. The lowest BCUT2D eigenvalue weighted by Crippen LogP contribution is -2.32. The maximum atomic E-state index is 13.2. The molecule has 2 aliphatic rings. The van der Waals surface area contributed by atoms with Gasteiger partial charge in [0.15, 0.2) is 0 Å². The third-order valence-corrected chi connectivity index (χ3v) is 5.73. The predicted molar refractivity (Wildman–Crippen MR) is 114 cm³/mol. The van der Waals surface area contributed by atoms with Crippen LogP contribution in [0.1, 0.15) is 59.7 Å². The summed E-state index contributed by atoms with van der Waals surface area (Å²) in [6, 6.07) is 15.6. The fourth-order valence-corrected chi connectivity index (χ4v) is 3.67. The van der Waals surface area contributed by atoms with Crippen molar-refractivity contribution in [2.75, 3.05) is 6.54 Å². The number of rotatable bonds is 7. The second-order valence-electron chi connectivity index (χ2n) is 8.40. The fourth-order valence-electron chi connectivity index (χ4n) is 3.67. The van der Waals surface area contributed by atoms with Gasteiger partial charge in [0, 0.05) is 18.2 Å². The molecule has 1 aliphatic heterocycles. The lowest BCUT2D eigenvalue weighted by molar-refractivity contribution is -0.125. The molecule has 1 aliphatic carbocycles. The molecule has 6 nitrogen and oxygen atoms in total. The minimum absolute atomic E-state index is 0.0204. The number of benzene rings is 2. The SMILES string of the molecule is CC(C)c1ccc(CN(C(=O)c2ccc(CN3C(=O)CNC3=O)cc2)C2CC2)cc1. The number of urea groups is 1. The Bertz CT molecular complexity index is 931. The molecule has 2 aromatic carbocycles. The molecule has 1 saturated carbocycles. The summed E-state index contributed by atoms with van der Waals surface area (Å²) in [5, 5.41) is 2.51. The van der Waals surface area contributed by atoms with Crippen LogP contribution in [-0.2, 0) is 17.9 Å². The van der Waals surface area contributed by atoms with Crippen LogP contribution in [0.4, 0.5) is 4.79 Å². The van der Waals surface area contributed by atoms with E-state index in [0.29, 0.717) is 24.1 Å². The van der Waals surface area contributed by atoms with Crippen molar-refractivity contribution in [3.8, 4) is 0 Å². The monoisotopic (exact) mass is 405 g/mol. The van der Waals surface area contributed by atoms with Gasteiger partial charge in [-0.2, -0.15) is 0 Å². The van der Waals surface area contributed by atoms with Crippen molar-refractivity contribution in [2.24, 2.45) is 0 Å². The maximum absolute atomic E-state index is 13.2. The molecule has 1 N–H and O–H groups in total. The third-order valence-electron chi connectivity index (χ3n) is 5.73. The Morgan fingerprint density at radius 1 is 1.03 bits per heavy atom. The Balaban J connectivity index is 1.44. The molecule has 0 aromatic heterocycles. The number of nitrogens with zero attached hydrogens (tertiary/aromatic N) is 2. The number of carbonyl (C=O) groups is 3. The molecule has 1 saturated heterocycles. The van der Waals surface area contributed by atoms with E-state index >= 15 is 0 Å². The lowest BCUT2D eigenvalue weighted by atomic mass is 10.0. The van der Waals surface area contributed by atoms with Crippen LogP contribution in [0, 0.1) is 0 Å². The van der Waals surface area contributed by atoms with Gasteiger partial charge in [-0.05, 0) is 47.6 Å². The zero-order chi connectivity index (χ0) is 21.3. The molecule has 2 fully saturated rings. The smallest absolute Gasteiger partial charge is 0.324 e. The molecular formula is C24H27N3O3. The second-order valence-corrected chi connectivity index (χ2v) is 8.40. The Labute approximate surface area is 176 Å². The van der Waals surface area contributed by atoms with Crippen molar-refractivity contribution in [2.45, 2.75) is 51.7 Å². The van der Waals surface area contributed by atoms with Crippen LogP contribution in [0.5, 0.6) is 0 Å². The lowest BCUT2D eigenvalue weighted by Gasteiger charge is -2.23. The Morgan fingerprint density at radius 2 is 1.67 bits per heavy atom. The van der Waals surface area contributed by atoms with E-state index in [-0.39, 0.29) is 30.9 Å². The zero-order valence-corrected chi connectivity index (χ0v) is 17.4. The van der Waals surface area contributed by atoms with Crippen LogP contribution in [0.2, 0.25) is 0 Å². The molecule has 30 heavy (non-hydrogen) atoms. The highest BCUT2D eigenvalue weighted by Crippen LogP contribution is 2.30. The van der Waals surface area contributed by atoms with Crippen molar-refractivity contribution < 1.29 is 14.4 Å². The number of hydrogen-bond donors (Lipinski definition) is 1. The van der Waals surface area contributed by atoms with E-state index < -0.39 is 0 Å². The fraction of sp³-hybridized carbons (Fsp3) is 0.375. The van der Waals surface area contributed by atoms with Crippen molar-refractivity contribution in [3.63, 3.8) is 0 Å². The summed E-state index contributed by atoms with van der Waals surface area (Å²) in [6.45, 7) is 5.21. The first-order valence-electron chi connectivity index (χ1n) is 10.5. The first-order valence-corrected chi connectivity index (χ1v) is 10.5. The van der Waals surface area contributed by atoms with E-state index in [1.165, 1.54) is 10.5 Å². The first-order chi connectivity index (χ1) is 14.4. The minimum Gasteiger partial charge on any atom is -0.331 e. The van der Waals surface area contributed by atoms with E-state index in [1.54, 1.807) is 12.1 Å². The average Bonchev–Trinajstić information content (AvgIpc) is 3.54. The normalized spacial score (nSPS) is 16.2. The molecule has 1 heterocycles. The largest absolute Gasteiger partial charge is 0.331 e. The molecule has 4 amide bonds. The number of hydrogen-bond acceptors (Lipinski definition) is 3. The summed E-state index contributed by atoms with van der Waals surface area (Å²) in [7, 11) is 0. The third kappa shape index (κ3) is 4.37. The minimum atomic E-state index is -0.372. The summed E-state index contributed by atoms with van der Waals surface area (Å²) in [5.41, 5.74) is 3.87. The van der Waals surface area contributed by atoms with Crippen LogP contribution in [0.3, 0.4) is 0 Å². The second kappa shape index (κ2) is 8.30. The van der Waals surface area contributed by atoms with Crippen LogP contribution in [0.15, 0.2) is 48.5 Å². The highest BCUT2D eigenvalue weighted by Gasteiger charge is 2.33. The Hall–Kier alpha value is -3.15. The highest BCUT2D eigenvalue weighted by molar-refractivity contribution is 6.01. The van der Waals surface area contributed by atoms with Gasteiger partial charge < -0.3 is 10.2 Å². The average molecular weight is 405 g/mol. The molecule has 0 unspecified atom stereocenters. The summed E-state index contributed by atoms with van der Waals surface area (Å²) in [5.74, 6) is 0.274. The van der Waals surface area contributed by atoms with Gasteiger partial charge in [-0.25, -0.2) is 4.79 Å². The quantitative estimate of drug-likeness (QED) is 0.715. The molecule has 0 spiro atoms. The molecule has 2 aromatic rings. The van der Waals surface area contributed by atoms with E-state index in [2.05, 4.69) is 43.4 Å². The standard InChI is InChI=1S/C24H27N3O3/c1-16(2)19-7-3-17(4-8-19)14-26(21-11-12-21)23(29)20-9-5-18(6-10-20)15-27-22(28)13-25-24(27)30/h3-10,16,21H,11-15H2,1-2H3,(H,25,30). The van der Waals surface area contributed by atoms with Gasteiger partial charge in [0.2, 0.25) is 5.91 Å². The van der Waals surface area contributed by atoms with Gasteiger partial charge in [0.1, 0.15) is 0 Å². The van der Waals surface area contributed by atoms with Gasteiger partial charge in [-0.15, -0.1) is 0 Å². The van der Waals surface area contributed by atoms with Gasteiger partial charge in [-0.1, -0.05) is 50.2 Å². The zero-order valence-electron chi connectivity index (χ0n) is 17.4. The first kappa shape index (κ1) is 20.1. The summed E-state index contributed by atoms with van der Waals surface area (Å²) in [6.07, 6.45) is 2.08. The van der Waals surface area contributed by atoms with E-state index in [9.17, 15) is 14.4 Å². The van der Waals surface area contributed by atoms with Gasteiger partial charge >= 0.3 is 6.03 Å². The van der Waals surface area contributed by atoms with Crippen molar-refractivity contribution >= 4 is 17.8 Å². The number of amides is 4. The van der Waals surface area contributed by atoms with Crippen LogP contribution < -0.4 is 5.32 Å². The molecule has 4 rings (SSSR count). The molecule has 0 atom stereocenters. The van der Waals surface area contributed by atoms with Crippen LogP contribution in [0.25, 0.3) is 0 Å². The van der Waals surface area contributed by atoms with Gasteiger partial charge in [0.05, 0.1) is 13.1 Å². The van der Waals surface area contributed by atoms with E-state index in [4.69, 9.17) is 0 Å². The van der Waals surface area contributed by atoms with Gasteiger partial charge in [0.25, 0.3) is 5.91 Å². The predicted octanol–water partition coefficient (Wildman–Crippen LogP) is 3.67. The maximum Gasteiger partial charge on any atom is 0.324 e. The van der Waals surface area contributed by atoms with Crippen molar-refractivity contribution in [1.29, 1.82) is 0 Å². The number of imide groups is 1. The molecule has 0 radical (unpaired) electrons. The summed E-state index contributed by atoms with van der Waals surface area (Å²) >= 11 is 0. The highest BCUT2D eigenvalue weighted by atomic mass is 16.2. The Morgan fingerprint density at radius 3 is 2.20 bits per heavy atom. The topological polar surface area (TPSA) is 69.7 Å². The number of nitrogens with one attached hydrogen (secondary N) is 1. The Kier molecular flexibility index (Phi) is 5.57. The van der Waals surface area contributed by atoms with E-state index in [1.807, 2.05) is 17.0 Å². The molecule has 6 heteroatoms. The van der Waals surface area contributed by atoms with Crippen molar-refractivity contribution in [3.05, 3.63) is 70.8 Å². The number of carbonyl (C=O) groups excluding carboxylic acids is 3. The summed E-state index contributed by atoms with van der Waals surface area (Å²) in [4.78, 5) is 39.8. The molecule has 156 valence electrons. The van der Waals surface area contributed by atoms with Crippen LogP contribution >= 0.6 is 0 Å². The van der Waals surface area contributed by atoms with E-state index in [0.717, 1.165) is 24.0 Å². The van der Waals surface area contributed by atoms with Gasteiger partial charge in [-0.3, -0.25) is 14.5 Å².